The van der Waals surface area contributed by atoms with Crippen LogP contribution >= 0.6 is 0 Å². The van der Waals surface area contributed by atoms with Crippen LogP contribution < -0.4 is 0 Å². The largest absolute Gasteiger partial charge is 0.416 e. The third-order valence-corrected chi connectivity index (χ3v) is 2.45. The van der Waals surface area contributed by atoms with Crippen LogP contribution in [0.5, 0.6) is 0 Å². The molecule has 0 heterocycles. The van der Waals surface area contributed by atoms with Crippen molar-refractivity contribution in [2.45, 2.75) is 39.3 Å². The van der Waals surface area contributed by atoms with Gasteiger partial charge in [-0.05, 0) is 29.5 Å². The van der Waals surface area contributed by atoms with Crippen LogP contribution in [0, 0.1) is 0 Å². The third-order valence-electron chi connectivity index (χ3n) is 2.45. The molecule has 0 saturated heterocycles. The molecule has 0 spiro atoms. The minimum Gasteiger partial charge on any atom is -0.166 e. The minimum atomic E-state index is -4.25. The highest BCUT2D eigenvalue weighted by atomic mass is 19.4. The van der Waals surface area contributed by atoms with E-state index in [1.54, 1.807) is 26.0 Å². The zero-order valence-electron chi connectivity index (χ0n) is 9.15. The second-order valence-electron chi connectivity index (χ2n) is 3.93. The maximum Gasteiger partial charge on any atom is 0.416 e. The monoisotopic (exact) mass is 216 g/mol. The summed E-state index contributed by atoms with van der Waals surface area (Å²) in [5.74, 6) is -0.104. The molecule has 15 heavy (non-hydrogen) atoms. The number of rotatable bonds is 2. The Balaban J connectivity index is 3.29. The maximum absolute atomic E-state index is 12.7. The van der Waals surface area contributed by atoms with Crippen LogP contribution in [0.1, 0.15) is 43.4 Å². The van der Waals surface area contributed by atoms with Crippen molar-refractivity contribution in [2.75, 3.05) is 0 Å². The van der Waals surface area contributed by atoms with Gasteiger partial charge >= 0.3 is 6.18 Å². The molecular formula is C12H15F3. The van der Waals surface area contributed by atoms with Crippen LogP contribution in [0.25, 0.3) is 0 Å². The average Bonchev–Trinajstić information content (AvgIpc) is 2.15. The van der Waals surface area contributed by atoms with Crippen molar-refractivity contribution in [3.8, 4) is 0 Å². The summed E-state index contributed by atoms with van der Waals surface area (Å²) in [6.07, 6.45) is -3.62. The Morgan fingerprint density at radius 2 is 1.80 bits per heavy atom. The van der Waals surface area contributed by atoms with Gasteiger partial charge in [0.25, 0.3) is 0 Å². The molecule has 0 aliphatic rings. The Labute approximate surface area is 88.1 Å². The lowest BCUT2D eigenvalue weighted by molar-refractivity contribution is -0.138. The number of hydrogen-bond donors (Lipinski definition) is 0. The molecule has 3 heteroatoms. The van der Waals surface area contributed by atoms with Crippen LogP contribution in [0.4, 0.5) is 13.2 Å². The number of hydrogen-bond acceptors (Lipinski definition) is 0. The summed E-state index contributed by atoms with van der Waals surface area (Å²) >= 11 is 0. The minimum absolute atomic E-state index is 0.104. The van der Waals surface area contributed by atoms with Gasteiger partial charge in [0.2, 0.25) is 0 Å². The molecule has 0 atom stereocenters. The normalized spacial score (nSPS) is 12.2. The summed E-state index contributed by atoms with van der Waals surface area (Å²) in [5, 5.41) is 0. The molecular weight excluding hydrogens is 201 g/mol. The highest BCUT2D eigenvalue weighted by Gasteiger charge is 2.33. The summed E-state index contributed by atoms with van der Waals surface area (Å²) in [6, 6.07) is 4.62. The summed E-state index contributed by atoms with van der Waals surface area (Å²) in [4.78, 5) is 0. The van der Waals surface area contributed by atoms with Gasteiger partial charge in [0.15, 0.2) is 0 Å². The Kier molecular flexibility index (Phi) is 3.42. The molecule has 0 aliphatic carbocycles. The standard InChI is InChI=1S/C12H15F3/c1-4-9-5-6-10(8(2)3)11(7-9)12(13,14)15/h5-8H,4H2,1-3H3. The summed E-state index contributed by atoms with van der Waals surface area (Å²) < 4.78 is 38.2. The summed E-state index contributed by atoms with van der Waals surface area (Å²) in [5.41, 5.74) is 0.614. The molecule has 0 fully saturated rings. The van der Waals surface area contributed by atoms with Gasteiger partial charge in [-0.3, -0.25) is 0 Å². The van der Waals surface area contributed by atoms with Gasteiger partial charge < -0.3 is 0 Å². The first-order valence-electron chi connectivity index (χ1n) is 5.06. The van der Waals surface area contributed by atoms with Gasteiger partial charge in [0.05, 0.1) is 5.56 Å². The third kappa shape index (κ3) is 2.74. The van der Waals surface area contributed by atoms with Crippen molar-refractivity contribution in [3.63, 3.8) is 0 Å². The maximum atomic E-state index is 12.7. The van der Waals surface area contributed by atoms with Gasteiger partial charge in [-0.2, -0.15) is 13.2 Å². The Bertz CT molecular complexity index is 337. The van der Waals surface area contributed by atoms with E-state index in [1.807, 2.05) is 6.92 Å². The second kappa shape index (κ2) is 4.25. The molecule has 0 unspecified atom stereocenters. The lowest BCUT2D eigenvalue weighted by Gasteiger charge is -2.16. The zero-order valence-corrected chi connectivity index (χ0v) is 9.15. The first-order valence-corrected chi connectivity index (χ1v) is 5.06. The Morgan fingerprint density at radius 1 is 1.20 bits per heavy atom. The zero-order chi connectivity index (χ0) is 11.6. The molecule has 1 aromatic rings. The fourth-order valence-electron chi connectivity index (χ4n) is 1.57. The van der Waals surface area contributed by atoms with Crippen molar-refractivity contribution in [1.82, 2.24) is 0 Å². The Hall–Kier alpha value is -0.990. The summed E-state index contributed by atoms with van der Waals surface area (Å²) in [7, 11) is 0. The van der Waals surface area contributed by atoms with Gasteiger partial charge in [0, 0.05) is 0 Å². The van der Waals surface area contributed by atoms with E-state index in [0.717, 1.165) is 5.56 Å². The van der Waals surface area contributed by atoms with Crippen LogP contribution in [0.3, 0.4) is 0 Å². The molecule has 0 aliphatic heterocycles. The first-order chi connectivity index (χ1) is 6.86. The van der Waals surface area contributed by atoms with Crippen molar-refractivity contribution in [3.05, 3.63) is 34.9 Å². The van der Waals surface area contributed by atoms with Crippen LogP contribution in [0.2, 0.25) is 0 Å². The number of alkyl halides is 3. The van der Waals surface area contributed by atoms with Gasteiger partial charge in [-0.15, -0.1) is 0 Å². The first kappa shape index (κ1) is 12.1. The SMILES string of the molecule is CCc1ccc(C(C)C)c(C(F)(F)F)c1. The molecule has 0 radical (unpaired) electrons. The quantitative estimate of drug-likeness (QED) is 0.687. The predicted molar refractivity (Wildman–Crippen MR) is 54.9 cm³/mol. The van der Waals surface area contributed by atoms with E-state index in [2.05, 4.69) is 0 Å². The molecule has 1 aromatic carbocycles. The predicted octanol–water partition coefficient (Wildman–Crippen LogP) is 4.39. The van der Waals surface area contributed by atoms with E-state index in [4.69, 9.17) is 0 Å². The van der Waals surface area contributed by atoms with Crippen molar-refractivity contribution in [2.24, 2.45) is 0 Å². The van der Waals surface area contributed by atoms with Crippen molar-refractivity contribution >= 4 is 0 Å². The molecule has 0 saturated carbocycles. The number of benzene rings is 1. The van der Waals surface area contributed by atoms with E-state index in [1.165, 1.54) is 6.07 Å². The lowest BCUT2D eigenvalue weighted by atomic mass is 9.94. The van der Waals surface area contributed by atoms with E-state index >= 15 is 0 Å². The smallest absolute Gasteiger partial charge is 0.166 e. The van der Waals surface area contributed by atoms with E-state index < -0.39 is 11.7 Å². The van der Waals surface area contributed by atoms with Crippen LogP contribution in [0.15, 0.2) is 18.2 Å². The van der Waals surface area contributed by atoms with E-state index in [-0.39, 0.29) is 5.92 Å². The van der Waals surface area contributed by atoms with Crippen LogP contribution in [-0.2, 0) is 12.6 Å². The van der Waals surface area contributed by atoms with Crippen LogP contribution in [-0.4, -0.2) is 0 Å². The van der Waals surface area contributed by atoms with Gasteiger partial charge in [-0.1, -0.05) is 32.9 Å². The lowest BCUT2D eigenvalue weighted by Crippen LogP contribution is -2.10. The van der Waals surface area contributed by atoms with Crippen molar-refractivity contribution in [1.29, 1.82) is 0 Å². The molecule has 84 valence electrons. The number of aryl methyl sites for hydroxylation is 1. The van der Waals surface area contributed by atoms with Gasteiger partial charge in [0.1, 0.15) is 0 Å². The topological polar surface area (TPSA) is 0 Å². The fourth-order valence-corrected chi connectivity index (χ4v) is 1.57. The highest BCUT2D eigenvalue weighted by Crippen LogP contribution is 2.35. The molecule has 0 amide bonds. The molecule has 0 aromatic heterocycles. The molecule has 0 bridgehead atoms. The molecule has 1 rings (SSSR count). The second-order valence-corrected chi connectivity index (χ2v) is 3.93. The average molecular weight is 216 g/mol. The van der Waals surface area contributed by atoms with Gasteiger partial charge in [-0.25, -0.2) is 0 Å². The van der Waals surface area contributed by atoms with E-state index in [9.17, 15) is 13.2 Å². The Morgan fingerprint density at radius 3 is 2.20 bits per heavy atom. The van der Waals surface area contributed by atoms with E-state index in [0.29, 0.717) is 12.0 Å². The highest BCUT2D eigenvalue weighted by molar-refractivity contribution is 5.36. The summed E-state index contributed by atoms with van der Waals surface area (Å²) in [6.45, 7) is 5.40. The van der Waals surface area contributed by atoms with Crippen molar-refractivity contribution < 1.29 is 13.2 Å². The number of halogens is 3. The fraction of sp³-hybridized carbons (Fsp3) is 0.500. The molecule has 0 nitrogen and oxygen atoms in total. The molecule has 0 N–H and O–H groups in total.